The van der Waals surface area contributed by atoms with Crippen LogP contribution < -0.4 is 16.4 Å². The van der Waals surface area contributed by atoms with E-state index < -0.39 is 5.91 Å². The molecule has 1 aromatic rings. The number of nitrogens with two attached hydrogens (primary N) is 2. The number of carbonyl (C=O) groups excluding carboxylic acids is 2. The highest BCUT2D eigenvalue weighted by atomic mass is 32.1. The smallest absolute Gasteiger partial charge is 0.253 e. The van der Waals surface area contributed by atoms with Crippen molar-refractivity contribution in [3.63, 3.8) is 0 Å². The predicted octanol–water partition coefficient (Wildman–Crippen LogP) is 2.26. The Morgan fingerprint density at radius 2 is 1.95 bits per heavy atom. The van der Waals surface area contributed by atoms with E-state index in [9.17, 15) is 9.59 Å². The van der Waals surface area contributed by atoms with Gasteiger partial charge >= 0.3 is 0 Å². The maximum atomic E-state index is 12.3. The average Bonchev–Trinajstić information content (AvgIpc) is 3.16. The lowest BCUT2D eigenvalue weighted by Crippen LogP contribution is -2.30. The van der Waals surface area contributed by atoms with E-state index in [4.69, 9.17) is 11.5 Å². The fourth-order valence-electron chi connectivity index (χ4n) is 2.80. The van der Waals surface area contributed by atoms with Gasteiger partial charge in [0.05, 0.1) is 16.1 Å². The van der Waals surface area contributed by atoms with E-state index in [-0.39, 0.29) is 17.4 Å². The van der Waals surface area contributed by atoms with Crippen molar-refractivity contribution in [1.29, 1.82) is 0 Å². The van der Waals surface area contributed by atoms with Gasteiger partial charge < -0.3 is 16.4 Å². The largest absolute Gasteiger partial charge is 0.397 e. The second-order valence-corrected chi connectivity index (χ2v) is 7.20. The lowest BCUT2D eigenvalue weighted by Gasteiger charge is -2.30. The summed E-state index contributed by atoms with van der Waals surface area (Å²) in [5.74, 6) is 0.287. The molecule has 6 heteroatoms. The molecule has 1 heterocycles. The number of nitrogens with zero attached hydrogens (tertiary/aromatic N) is 1. The normalized spacial score (nSPS) is 18.3. The minimum atomic E-state index is -0.547. The van der Waals surface area contributed by atoms with Crippen molar-refractivity contribution < 1.29 is 9.59 Å². The van der Waals surface area contributed by atoms with Crippen molar-refractivity contribution in [2.24, 2.45) is 17.6 Å². The Hall–Kier alpha value is -1.56. The van der Waals surface area contributed by atoms with Crippen LogP contribution in [0.2, 0.25) is 0 Å². The molecular weight excluding hydrogens is 286 g/mol. The first-order chi connectivity index (χ1) is 9.99. The lowest BCUT2D eigenvalue weighted by molar-refractivity contribution is 0.0972. The van der Waals surface area contributed by atoms with Gasteiger partial charge in [0, 0.05) is 19.5 Å². The molecule has 0 unspecified atom stereocenters. The number of Topliss-reactive ketones (excluding diaryl/α,β-unsaturated/α-hetero) is 1. The molecule has 2 saturated carbocycles. The first-order valence-electron chi connectivity index (χ1n) is 7.46. The second kappa shape index (κ2) is 5.33. The highest BCUT2D eigenvalue weighted by Gasteiger charge is 2.35. The van der Waals surface area contributed by atoms with Gasteiger partial charge in [-0.2, -0.15) is 0 Å². The summed E-state index contributed by atoms with van der Waals surface area (Å²) < 4.78 is 0. The van der Waals surface area contributed by atoms with Crippen LogP contribution in [0.1, 0.15) is 52.1 Å². The number of ketones is 1. The van der Waals surface area contributed by atoms with Crippen LogP contribution in [0.3, 0.4) is 0 Å². The fourth-order valence-corrected chi connectivity index (χ4v) is 4.01. The molecule has 5 nitrogen and oxygen atoms in total. The topological polar surface area (TPSA) is 89.4 Å². The first-order valence-corrected chi connectivity index (χ1v) is 8.28. The van der Waals surface area contributed by atoms with Gasteiger partial charge in [-0.3, -0.25) is 9.59 Å². The van der Waals surface area contributed by atoms with Gasteiger partial charge in [0.25, 0.3) is 5.91 Å². The minimum Gasteiger partial charge on any atom is -0.397 e. The van der Waals surface area contributed by atoms with Crippen LogP contribution in [-0.2, 0) is 0 Å². The van der Waals surface area contributed by atoms with Gasteiger partial charge in [0.2, 0.25) is 0 Å². The van der Waals surface area contributed by atoms with Gasteiger partial charge in [-0.15, -0.1) is 11.3 Å². The first kappa shape index (κ1) is 14.4. The monoisotopic (exact) mass is 307 g/mol. The van der Waals surface area contributed by atoms with Crippen LogP contribution in [-0.4, -0.2) is 25.3 Å². The molecule has 2 fully saturated rings. The van der Waals surface area contributed by atoms with E-state index in [0.29, 0.717) is 16.4 Å². The fraction of sp³-hybridized carbons (Fsp3) is 0.600. The maximum absolute atomic E-state index is 12.3. The molecule has 0 bridgehead atoms. The highest BCUT2D eigenvalue weighted by molar-refractivity contribution is 7.19. The quantitative estimate of drug-likeness (QED) is 0.789. The number of nitrogen functional groups attached to an aromatic ring is 1. The van der Waals surface area contributed by atoms with Crippen molar-refractivity contribution >= 4 is 33.7 Å². The third-order valence-electron chi connectivity index (χ3n) is 4.45. The van der Waals surface area contributed by atoms with Gasteiger partial charge in [-0.05, 0) is 31.6 Å². The standard InChI is InChI=1S/C15H21N3O2S/c1-18(7-8-3-2-4-8)15-10(14(17)20)11(16)13(21-15)12(19)9-5-6-9/h8-9H,2-7,16H2,1H3,(H2,17,20). The predicted molar refractivity (Wildman–Crippen MR) is 84.9 cm³/mol. The number of primary amides is 1. The number of carbonyl (C=O) groups is 2. The summed E-state index contributed by atoms with van der Waals surface area (Å²) >= 11 is 1.33. The van der Waals surface area contributed by atoms with Crippen molar-refractivity contribution in [2.45, 2.75) is 32.1 Å². The molecule has 1 aromatic heterocycles. The van der Waals surface area contributed by atoms with E-state index in [1.165, 1.54) is 30.6 Å². The zero-order valence-electron chi connectivity index (χ0n) is 12.2. The average molecular weight is 307 g/mol. The molecular formula is C15H21N3O2S. The molecule has 0 aliphatic heterocycles. The highest BCUT2D eigenvalue weighted by Crippen LogP contribution is 2.43. The van der Waals surface area contributed by atoms with Crippen LogP contribution in [0.4, 0.5) is 10.7 Å². The molecule has 0 aromatic carbocycles. The maximum Gasteiger partial charge on any atom is 0.253 e. The minimum absolute atomic E-state index is 0.0725. The summed E-state index contributed by atoms with van der Waals surface area (Å²) in [5.41, 5.74) is 12.1. The van der Waals surface area contributed by atoms with Crippen molar-refractivity contribution in [1.82, 2.24) is 0 Å². The number of hydrogen-bond acceptors (Lipinski definition) is 5. The molecule has 0 saturated heterocycles. The molecule has 0 atom stereocenters. The Morgan fingerprint density at radius 3 is 2.43 bits per heavy atom. The SMILES string of the molecule is CN(CC1CCC1)c1sc(C(=O)C2CC2)c(N)c1C(N)=O. The summed E-state index contributed by atoms with van der Waals surface area (Å²) in [6, 6.07) is 0. The summed E-state index contributed by atoms with van der Waals surface area (Å²) in [6.45, 7) is 0.886. The molecule has 2 aliphatic carbocycles. The van der Waals surface area contributed by atoms with Crippen LogP contribution >= 0.6 is 11.3 Å². The van der Waals surface area contributed by atoms with Crippen molar-refractivity contribution in [2.75, 3.05) is 24.2 Å². The third kappa shape index (κ3) is 2.64. The molecule has 21 heavy (non-hydrogen) atoms. The molecule has 2 aliphatic rings. The number of anilines is 2. The van der Waals surface area contributed by atoms with E-state index in [2.05, 4.69) is 0 Å². The Kier molecular flexibility index (Phi) is 3.65. The van der Waals surface area contributed by atoms with Crippen LogP contribution in [0.25, 0.3) is 0 Å². The molecule has 0 spiro atoms. The van der Waals surface area contributed by atoms with Crippen molar-refractivity contribution in [3.8, 4) is 0 Å². The zero-order chi connectivity index (χ0) is 15.1. The summed E-state index contributed by atoms with van der Waals surface area (Å²) in [4.78, 5) is 26.6. The summed E-state index contributed by atoms with van der Waals surface area (Å²) in [7, 11) is 1.95. The number of amides is 1. The molecule has 1 amide bonds. The van der Waals surface area contributed by atoms with E-state index in [1.807, 2.05) is 11.9 Å². The zero-order valence-corrected chi connectivity index (χ0v) is 13.0. The Labute approximate surface area is 128 Å². The van der Waals surface area contributed by atoms with Gasteiger partial charge in [0.1, 0.15) is 5.00 Å². The number of rotatable bonds is 6. The van der Waals surface area contributed by atoms with Gasteiger partial charge in [-0.25, -0.2) is 0 Å². The van der Waals surface area contributed by atoms with E-state index >= 15 is 0 Å². The number of thiophene rings is 1. The van der Waals surface area contributed by atoms with Gasteiger partial charge in [0.15, 0.2) is 5.78 Å². The number of hydrogen-bond donors (Lipinski definition) is 2. The Balaban J connectivity index is 1.91. The van der Waals surface area contributed by atoms with Crippen molar-refractivity contribution in [3.05, 3.63) is 10.4 Å². The Bertz CT molecular complexity index is 588. The molecule has 3 rings (SSSR count). The third-order valence-corrected chi connectivity index (χ3v) is 5.78. The Morgan fingerprint density at radius 1 is 1.29 bits per heavy atom. The second-order valence-electron chi connectivity index (χ2n) is 6.21. The lowest BCUT2D eigenvalue weighted by atomic mass is 9.85. The van der Waals surface area contributed by atoms with Crippen LogP contribution in [0.5, 0.6) is 0 Å². The molecule has 0 radical (unpaired) electrons. The van der Waals surface area contributed by atoms with E-state index in [1.54, 1.807) is 0 Å². The van der Waals surface area contributed by atoms with Crippen LogP contribution in [0, 0.1) is 11.8 Å². The van der Waals surface area contributed by atoms with E-state index in [0.717, 1.165) is 24.4 Å². The summed E-state index contributed by atoms with van der Waals surface area (Å²) in [5, 5.41) is 0.746. The molecule has 4 N–H and O–H groups in total. The summed E-state index contributed by atoms with van der Waals surface area (Å²) in [6.07, 6.45) is 5.58. The van der Waals surface area contributed by atoms with Gasteiger partial charge in [-0.1, -0.05) is 6.42 Å². The molecule has 114 valence electrons. The van der Waals surface area contributed by atoms with Crippen LogP contribution in [0.15, 0.2) is 0 Å².